The lowest BCUT2D eigenvalue weighted by molar-refractivity contribution is 0.151. The van der Waals surface area contributed by atoms with Gasteiger partial charge in [-0.2, -0.15) is 0 Å². The van der Waals surface area contributed by atoms with E-state index < -0.39 is 17.8 Å². The van der Waals surface area contributed by atoms with Crippen molar-refractivity contribution in [2.75, 3.05) is 0 Å². The summed E-state index contributed by atoms with van der Waals surface area (Å²) in [6.45, 7) is 3.29. The highest BCUT2D eigenvalue weighted by molar-refractivity contribution is 6.31. The third kappa shape index (κ3) is 3.50. The summed E-state index contributed by atoms with van der Waals surface area (Å²) in [5.74, 6) is -0.956. The maximum atomic E-state index is 14.6. The smallest absolute Gasteiger partial charge is 0.274 e. The fraction of sp³-hybridized carbons (Fsp3) is 0.286. The van der Waals surface area contributed by atoms with Gasteiger partial charge in [0.15, 0.2) is 11.0 Å². The molecule has 1 saturated carbocycles. The second-order valence-corrected chi connectivity index (χ2v) is 8.13. The van der Waals surface area contributed by atoms with E-state index in [1.54, 1.807) is 26.1 Å². The molecule has 0 unspecified atom stereocenters. The Morgan fingerprint density at radius 2 is 1.87 bits per heavy atom. The van der Waals surface area contributed by atoms with E-state index in [-0.39, 0.29) is 33.3 Å². The van der Waals surface area contributed by atoms with Gasteiger partial charge >= 0.3 is 0 Å². The van der Waals surface area contributed by atoms with Gasteiger partial charge in [-0.1, -0.05) is 23.2 Å². The summed E-state index contributed by atoms with van der Waals surface area (Å²) in [4.78, 5) is 20.7. The highest BCUT2D eigenvalue weighted by Gasteiger charge is 2.42. The van der Waals surface area contributed by atoms with Crippen LogP contribution in [-0.2, 0) is 0 Å². The lowest BCUT2D eigenvalue weighted by atomic mass is 10.0. The Morgan fingerprint density at radius 3 is 2.57 bits per heavy atom. The minimum atomic E-state index is -2.60. The number of halogens is 5. The van der Waals surface area contributed by atoms with E-state index in [0.29, 0.717) is 28.8 Å². The van der Waals surface area contributed by atoms with Gasteiger partial charge in [0.05, 0.1) is 5.69 Å². The van der Waals surface area contributed by atoms with E-state index in [0.717, 1.165) is 6.20 Å². The molecule has 0 aliphatic heterocycles. The number of pyridine rings is 3. The Kier molecular flexibility index (Phi) is 5.36. The molecule has 156 valence electrons. The second-order valence-electron chi connectivity index (χ2n) is 7.39. The number of hydrogen-bond acceptors (Lipinski definition) is 3. The highest BCUT2D eigenvalue weighted by Crippen LogP contribution is 2.56. The molecule has 1 aliphatic carbocycles. The van der Waals surface area contributed by atoms with E-state index in [1.165, 1.54) is 16.8 Å². The van der Waals surface area contributed by atoms with Crippen LogP contribution >= 0.6 is 23.2 Å². The molecule has 0 aromatic carbocycles. The van der Waals surface area contributed by atoms with Crippen LogP contribution in [0.3, 0.4) is 0 Å². The van der Waals surface area contributed by atoms with Crippen molar-refractivity contribution in [1.82, 2.24) is 14.5 Å². The van der Waals surface area contributed by atoms with Crippen LogP contribution in [0.15, 0.2) is 35.5 Å². The molecule has 2 atom stereocenters. The number of nitrogens with zero attached hydrogens (tertiary/aromatic N) is 3. The molecule has 3 aromatic heterocycles. The van der Waals surface area contributed by atoms with Crippen LogP contribution in [0.25, 0.3) is 5.69 Å². The number of aryl methyl sites for hydroxylation is 2. The van der Waals surface area contributed by atoms with E-state index in [2.05, 4.69) is 9.97 Å². The van der Waals surface area contributed by atoms with Gasteiger partial charge in [0.1, 0.15) is 5.02 Å². The zero-order chi connectivity index (χ0) is 21.7. The number of rotatable bonds is 4. The summed E-state index contributed by atoms with van der Waals surface area (Å²) >= 11 is 12.2. The van der Waals surface area contributed by atoms with E-state index in [1.807, 2.05) is 0 Å². The maximum absolute atomic E-state index is 14.6. The van der Waals surface area contributed by atoms with Gasteiger partial charge in [-0.15, -0.1) is 0 Å². The minimum absolute atomic E-state index is 0.00660. The Hall–Kier alpha value is -2.38. The SMILES string of the molecule is Cc1cnc(Cl)c(F)c1-n1c(C)cc([C@H]2C[C@@H]2c2cncc(C(F)F)c2)c(Cl)c1=O. The van der Waals surface area contributed by atoms with Gasteiger partial charge in [-0.3, -0.25) is 14.3 Å². The average Bonchev–Trinajstić information content (AvgIpc) is 3.51. The van der Waals surface area contributed by atoms with Crippen molar-refractivity contribution < 1.29 is 13.2 Å². The van der Waals surface area contributed by atoms with Crippen LogP contribution in [0.2, 0.25) is 10.2 Å². The van der Waals surface area contributed by atoms with Gasteiger partial charge in [-0.05, 0) is 60.9 Å². The quantitative estimate of drug-likeness (QED) is 0.462. The zero-order valence-electron chi connectivity index (χ0n) is 16.0. The number of hydrogen-bond donors (Lipinski definition) is 0. The van der Waals surface area contributed by atoms with Crippen molar-refractivity contribution in [3.63, 3.8) is 0 Å². The van der Waals surface area contributed by atoms with Crippen LogP contribution in [0.5, 0.6) is 0 Å². The molecule has 30 heavy (non-hydrogen) atoms. The first-order valence-electron chi connectivity index (χ1n) is 9.16. The Bertz CT molecular complexity index is 1210. The van der Waals surface area contributed by atoms with Crippen LogP contribution < -0.4 is 5.56 Å². The van der Waals surface area contributed by atoms with Crippen LogP contribution in [0.1, 0.15) is 52.6 Å². The second kappa shape index (κ2) is 7.71. The molecule has 3 heterocycles. The molecule has 0 bridgehead atoms. The Balaban J connectivity index is 1.75. The van der Waals surface area contributed by atoms with Gasteiger partial charge in [0.25, 0.3) is 12.0 Å². The molecule has 0 saturated heterocycles. The largest absolute Gasteiger partial charge is 0.277 e. The Morgan fingerprint density at radius 1 is 1.13 bits per heavy atom. The first kappa shape index (κ1) is 20.9. The first-order chi connectivity index (χ1) is 14.2. The minimum Gasteiger partial charge on any atom is -0.277 e. The molecule has 0 amide bonds. The fourth-order valence-corrected chi connectivity index (χ4v) is 4.22. The predicted molar refractivity (Wildman–Crippen MR) is 109 cm³/mol. The standard InChI is InChI=1S/C21H16Cl2F3N3O/c1-9-6-28-19(23)17(24)18(9)29-10(2)3-15(16(22)21(29)30)14-5-13(14)11-4-12(20(25)26)8-27-7-11/h3-4,6-8,13-14,20H,5H2,1-2H3/t13-,14+/m1/s1. The van der Waals surface area contributed by atoms with Crippen molar-refractivity contribution in [2.24, 2.45) is 0 Å². The van der Waals surface area contributed by atoms with Crippen molar-refractivity contribution in [3.8, 4) is 5.69 Å². The van der Waals surface area contributed by atoms with Crippen molar-refractivity contribution in [3.05, 3.63) is 85.0 Å². The van der Waals surface area contributed by atoms with Gasteiger partial charge in [-0.25, -0.2) is 18.2 Å². The summed E-state index contributed by atoms with van der Waals surface area (Å²) in [5, 5.41) is -0.367. The van der Waals surface area contributed by atoms with Crippen LogP contribution in [0.4, 0.5) is 13.2 Å². The lowest BCUT2D eigenvalue weighted by Gasteiger charge is -2.16. The fourth-order valence-electron chi connectivity index (χ4n) is 3.80. The third-order valence-electron chi connectivity index (χ3n) is 5.37. The molecule has 4 rings (SSSR count). The van der Waals surface area contributed by atoms with E-state index in [4.69, 9.17) is 23.2 Å². The summed E-state index contributed by atoms with van der Waals surface area (Å²) < 4.78 is 41.8. The summed E-state index contributed by atoms with van der Waals surface area (Å²) in [5.41, 5.74) is 1.50. The number of aromatic nitrogens is 3. The molecule has 0 spiro atoms. The van der Waals surface area contributed by atoms with Gasteiger partial charge in [0, 0.05) is 29.8 Å². The molecule has 0 N–H and O–H groups in total. The summed E-state index contributed by atoms with van der Waals surface area (Å²) in [6, 6.07) is 3.16. The van der Waals surface area contributed by atoms with Gasteiger partial charge < -0.3 is 0 Å². The molecular formula is C21H16Cl2F3N3O. The number of alkyl halides is 2. The topological polar surface area (TPSA) is 47.8 Å². The summed E-state index contributed by atoms with van der Waals surface area (Å²) in [7, 11) is 0. The van der Waals surface area contributed by atoms with Crippen LogP contribution in [0, 0.1) is 19.7 Å². The molecule has 3 aromatic rings. The van der Waals surface area contributed by atoms with Crippen molar-refractivity contribution in [1.29, 1.82) is 0 Å². The molecule has 9 heteroatoms. The van der Waals surface area contributed by atoms with Crippen LogP contribution in [-0.4, -0.2) is 14.5 Å². The molecule has 4 nitrogen and oxygen atoms in total. The predicted octanol–water partition coefficient (Wildman–Crippen LogP) is 5.90. The maximum Gasteiger partial charge on any atom is 0.274 e. The molecule has 0 radical (unpaired) electrons. The van der Waals surface area contributed by atoms with E-state index >= 15 is 0 Å². The molecular weight excluding hydrogens is 438 g/mol. The van der Waals surface area contributed by atoms with Crippen molar-refractivity contribution >= 4 is 23.2 Å². The monoisotopic (exact) mass is 453 g/mol. The summed E-state index contributed by atoms with van der Waals surface area (Å²) in [6.07, 6.45) is 2.13. The average molecular weight is 454 g/mol. The third-order valence-corrected chi connectivity index (χ3v) is 6.01. The lowest BCUT2D eigenvalue weighted by Crippen LogP contribution is -2.24. The van der Waals surface area contributed by atoms with Crippen molar-refractivity contribution in [2.45, 2.75) is 38.5 Å². The first-order valence-corrected chi connectivity index (χ1v) is 9.92. The Labute approximate surface area is 180 Å². The highest BCUT2D eigenvalue weighted by atomic mass is 35.5. The normalized spacial score (nSPS) is 18.1. The van der Waals surface area contributed by atoms with E-state index in [9.17, 15) is 18.0 Å². The zero-order valence-corrected chi connectivity index (χ0v) is 17.5. The molecule has 1 fully saturated rings. The van der Waals surface area contributed by atoms with Gasteiger partial charge in [0.2, 0.25) is 0 Å². The molecule has 1 aliphatic rings.